The Bertz CT molecular complexity index is 1220. The van der Waals surface area contributed by atoms with Gasteiger partial charge in [0.25, 0.3) is 5.91 Å². The van der Waals surface area contributed by atoms with Gasteiger partial charge >= 0.3 is 0 Å². The van der Waals surface area contributed by atoms with Crippen LogP contribution in [0.3, 0.4) is 0 Å². The molecule has 0 aromatic heterocycles. The number of amides is 2. The summed E-state index contributed by atoms with van der Waals surface area (Å²) in [5.74, 6) is 1.17. The van der Waals surface area contributed by atoms with E-state index in [0.29, 0.717) is 30.2 Å². The fourth-order valence-corrected chi connectivity index (χ4v) is 4.99. The zero-order valence-corrected chi connectivity index (χ0v) is 23.0. The molecule has 0 radical (unpaired) electrons. The normalized spacial score (nSPS) is 13.9. The van der Waals surface area contributed by atoms with Crippen molar-refractivity contribution in [2.45, 2.75) is 57.7 Å². The van der Waals surface area contributed by atoms with Gasteiger partial charge in [0, 0.05) is 37.2 Å². The fourth-order valence-electron chi connectivity index (χ4n) is 4.99. The van der Waals surface area contributed by atoms with Gasteiger partial charge < -0.3 is 24.4 Å². The van der Waals surface area contributed by atoms with E-state index in [0.717, 1.165) is 42.4 Å². The Morgan fingerprint density at radius 3 is 2.15 bits per heavy atom. The second-order valence-corrected chi connectivity index (χ2v) is 9.98. The molecule has 2 amide bonds. The van der Waals surface area contributed by atoms with Crippen molar-refractivity contribution in [1.82, 2.24) is 10.2 Å². The average molecular weight is 531 g/mol. The van der Waals surface area contributed by atoms with E-state index in [1.165, 1.54) is 0 Å². The second-order valence-electron chi connectivity index (χ2n) is 9.98. The Morgan fingerprint density at radius 2 is 1.51 bits per heavy atom. The molecule has 4 rings (SSSR count). The number of nitrogens with zero attached hydrogens (tertiary/aromatic N) is 1. The molecule has 1 aliphatic carbocycles. The van der Waals surface area contributed by atoms with Crippen LogP contribution in [0.15, 0.2) is 72.8 Å². The first kappa shape index (κ1) is 28.0. The molecule has 1 aliphatic rings. The second kappa shape index (κ2) is 13.7. The summed E-state index contributed by atoms with van der Waals surface area (Å²) >= 11 is 0. The van der Waals surface area contributed by atoms with Gasteiger partial charge in [-0.1, -0.05) is 67.4 Å². The lowest BCUT2D eigenvalue weighted by Crippen LogP contribution is -2.53. The van der Waals surface area contributed by atoms with Crippen LogP contribution < -0.4 is 19.5 Å². The summed E-state index contributed by atoms with van der Waals surface area (Å²) in [6, 6.07) is 22.4. The summed E-state index contributed by atoms with van der Waals surface area (Å²) < 4.78 is 16.6. The molecule has 0 aliphatic heterocycles. The van der Waals surface area contributed by atoms with Gasteiger partial charge in [0.1, 0.15) is 23.3 Å². The predicted molar refractivity (Wildman–Crippen MR) is 151 cm³/mol. The number of carbonyl (C=O) groups excluding carboxylic acids is 2. The Labute approximate surface area is 231 Å². The minimum atomic E-state index is -0.691. The molecular weight excluding hydrogens is 492 g/mol. The molecule has 206 valence electrons. The molecule has 1 fully saturated rings. The van der Waals surface area contributed by atoms with Crippen LogP contribution in [-0.4, -0.2) is 49.6 Å². The monoisotopic (exact) mass is 530 g/mol. The molecule has 1 saturated carbocycles. The van der Waals surface area contributed by atoms with E-state index in [9.17, 15) is 9.59 Å². The molecule has 39 heavy (non-hydrogen) atoms. The molecule has 0 bridgehead atoms. The number of benzene rings is 3. The molecule has 0 spiro atoms. The maximum absolute atomic E-state index is 13.9. The Morgan fingerprint density at radius 1 is 0.897 bits per heavy atom. The molecule has 0 saturated heterocycles. The molecule has 0 heterocycles. The quantitative estimate of drug-likeness (QED) is 0.353. The van der Waals surface area contributed by atoms with Crippen molar-refractivity contribution in [2.75, 3.05) is 20.8 Å². The summed E-state index contributed by atoms with van der Waals surface area (Å²) in [5, 5.41) is 3.23. The first-order valence-electron chi connectivity index (χ1n) is 13.5. The molecule has 3 aromatic rings. The number of hydrogen-bond acceptors (Lipinski definition) is 5. The van der Waals surface area contributed by atoms with Crippen molar-refractivity contribution >= 4 is 11.8 Å². The minimum Gasteiger partial charge on any atom is -0.496 e. The highest BCUT2D eigenvalue weighted by molar-refractivity contribution is 5.88. The van der Waals surface area contributed by atoms with Gasteiger partial charge in [0.15, 0.2) is 6.61 Å². The minimum absolute atomic E-state index is 0.129. The standard InChI is InChI=1S/C32H38N2O5/c1-23-11-7-8-14-25(23)21-34(31(35)22-39-29-19-27(37-2)18-28(20-29)38-3)30(17-24-12-5-4-6-13-24)32(36)33-26-15-9-10-16-26/h4-8,11-14,18-20,26,30H,9-10,15-17,21-22H2,1-3H3,(H,33,36). The van der Waals surface area contributed by atoms with Gasteiger partial charge in [-0.25, -0.2) is 0 Å². The third-order valence-electron chi connectivity index (χ3n) is 7.26. The van der Waals surface area contributed by atoms with Gasteiger partial charge in [0.2, 0.25) is 5.91 Å². The van der Waals surface area contributed by atoms with Crippen LogP contribution in [-0.2, 0) is 22.6 Å². The van der Waals surface area contributed by atoms with Crippen molar-refractivity contribution in [3.05, 3.63) is 89.5 Å². The first-order valence-corrected chi connectivity index (χ1v) is 13.5. The van der Waals surface area contributed by atoms with Crippen LogP contribution in [0.1, 0.15) is 42.4 Å². The number of carbonyl (C=O) groups is 2. The Balaban J connectivity index is 1.63. The number of ether oxygens (including phenoxy) is 3. The van der Waals surface area contributed by atoms with Gasteiger partial charge in [0.05, 0.1) is 14.2 Å². The van der Waals surface area contributed by atoms with Crippen LogP contribution in [0, 0.1) is 6.92 Å². The smallest absolute Gasteiger partial charge is 0.261 e. The largest absolute Gasteiger partial charge is 0.496 e. The lowest BCUT2D eigenvalue weighted by Gasteiger charge is -2.32. The van der Waals surface area contributed by atoms with E-state index in [-0.39, 0.29) is 24.5 Å². The van der Waals surface area contributed by atoms with Gasteiger partial charge in [-0.15, -0.1) is 0 Å². The highest BCUT2D eigenvalue weighted by Crippen LogP contribution is 2.28. The summed E-state index contributed by atoms with van der Waals surface area (Å²) in [4.78, 5) is 29.3. The first-order chi connectivity index (χ1) is 19.0. The zero-order valence-electron chi connectivity index (χ0n) is 23.0. The molecule has 1 atom stereocenters. The highest BCUT2D eigenvalue weighted by Gasteiger charge is 2.32. The fraction of sp³-hybridized carbons (Fsp3) is 0.375. The Kier molecular flexibility index (Phi) is 9.84. The number of methoxy groups -OCH3 is 2. The van der Waals surface area contributed by atoms with Gasteiger partial charge in [-0.2, -0.15) is 0 Å². The lowest BCUT2D eigenvalue weighted by atomic mass is 10.0. The van der Waals surface area contributed by atoms with E-state index in [4.69, 9.17) is 14.2 Å². The molecule has 1 unspecified atom stereocenters. The van der Waals surface area contributed by atoms with E-state index >= 15 is 0 Å². The number of rotatable bonds is 12. The lowest BCUT2D eigenvalue weighted by molar-refractivity contribution is -0.143. The molecule has 7 heteroatoms. The van der Waals surface area contributed by atoms with Crippen molar-refractivity contribution in [3.63, 3.8) is 0 Å². The van der Waals surface area contributed by atoms with Gasteiger partial charge in [-0.3, -0.25) is 9.59 Å². The molecular formula is C32H38N2O5. The van der Waals surface area contributed by atoms with Crippen molar-refractivity contribution in [1.29, 1.82) is 0 Å². The van der Waals surface area contributed by atoms with E-state index in [1.54, 1.807) is 37.3 Å². The van der Waals surface area contributed by atoms with Crippen LogP contribution in [0.5, 0.6) is 17.2 Å². The summed E-state index contributed by atoms with van der Waals surface area (Å²) in [6.07, 6.45) is 4.56. The van der Waals surface area contributed by atoms with Gasteiger partial charge in [-0.05, 0) is 36.5 Å². The molecule has 7 nitrogen and oxygen atoms in total. The maximum Gasteiger partial charge on any atom is 0.261 e. The van der Waals surface area contributed by atoms with E-state index < -0.39 is 6.04 Å². The maximum atomic E-state index is 13.9. The van der Waals surface area contributed by atoms with Crippen LogP contribution >= 0.6 is 0 Å². The summed E-state index contributed by atoms with van der Waals surface area (Å²) in [6.45, 7) is 2.08. The zero-order chi connectivity index (χ0) is 27.6. The topological polar surface area (TPSA) is 77.1 Å². The van der Waals surface area contributed by atoms with E-state index in [1.807, 2.05) is 61.5 Å². The summed E-state index contributed by atoms with van der Waals surface area (Å²) in [5.41, 5.74) is 3.04. The van der Waals surface area contributed by atoms with E-state index in [2.05, 4.69) is 5.32 Å². The molecule has 1 N–H and O–H groups in total. The number of nitrogens with one attached hydrogen (secondary N) is 1. The Hall–Kier alpha value is -4.00. The highest BCUT2D eigenvalue weighted by atomic mass is 16.5. The predicted octanol–water partition coefficient (Wildman–Crippen LogP) is 5.09. The molecule has 3 aromatic carbocycles. The van der Waals surface area contributed by atoms with Crippen LogP contribution in [0.25, 0.3) is 0 Å². The number of aryl methyl sites for hydroxylation is 1. The third-order valence-corrected chi connectivity index (χ3v) is 7.26. The van der Waals surface area contributed by atoms with Crippen molar-refractivity contribution in [3.8, 4) is 17.2 Å². The SMILES string of the molecule is COc1cc(OC)cc(OCC(=O)N(Cc2ccccc2C)C(Cc2ccccc2)C(=O)NC2CCCC2)c1. The average Bonchev–Trinajstić information content (AvgIpc) is 3.47. The van der Waals surface area contributed by atoms with Crippen LogP contribution in [0.4, 0.5) is 0 Å². The van der Waals surface area contributed by atoms with Crippen molar-refractivity contribution < 1.29 is 23.8 Å². The number of hydrogen-bond donors (Lipinski definition) is 1. The van der Waals surface area contributed by atoms with Crippen LogP contribution in [0.2, 0.25) is 0 Å². The summed E-state index contributed by atoms with van der Waals surface area (Å²) in [7, 11) is 3.12. The third kappa shape index (κ3) is 7.76. The van der Waals surface area contributed by atoms with Crippen molar-refractivity contribution in [2.24, 2.45) is 0 Å².